The van der Waals surface area contributed by atoms with Gasteiger partial charge in [0.25, 0.3) is 0 Å². The zero-order chi connectivity index (χ0) is 30.0. The van der Waals surface area contributed by atoms with Crippen molar-refractivity contribution in [3.8, 4) is 0 Å². The molecule has 3 amide bonds. The summed E-state index contributed by atoms with van der Waals surface area (Å²) in [5, 5.41) is 13.1. The third-order valence-corrected chi connectivity index (χ3v) is 8.43. The number of fused-ring (bicyclic) bond motifs is 1. The van der Waals surface area contributed by atoms with Gasteiger partial charge in [-0.2, -0.15) is 0 Å². The van der Waals surface area contributed by atoms with Gasteiger partial charge >= 0.3 is 5.97 Å². The highest BCUT2D eigenvalue weighted by atomic mass is 16.6. The first-order valence-corrected chi connectivity index (χ1v) is 14.4. The van der Waals surface area contributed by atoms with Crippen LogP contribution in [0, 0.1) is 17.8 Å². The second-order valence-corrected chi connectivity index (χ2v) is 12.6. The SMILES string of the molecule is C=CCCC(=O)NC[C@@H](C)OC(=O)[C@@H]1[C@@H]2CC[C@]3(O2)[C@H](C(=O)N(CC=C)C(C)(C)C)N([C@@H](CO)C(C)C)C(=O)[C@@H]13. The quantitative estimate of drug-likeness (QED) is 0.261. The topological polar surface area (TPSA) is 125 Å². The molecule has 0 aliphatic carbocycles. The number of rotatable bonds is 13. The molecule has 40 heavy (non-hydrogen) atoms. The van der Waals surface area contributed by atoms with Crippen LogP contribution in [0.2, 0.25) is 0 Å². The van der Waals surface area contributed by atoms with E-state index in [0.717, 1.165) is 0 Å². The Labute approximate surface area is 238 Å². The molecule has 3 rings (SSSR count). The minimum Gasteiger partial charge on any atom is -0.460 e. The number of aliphatic hydroxyl groups excluding tert-OH is 1. The summed E-state index contributed by atoms with van der Waals surface area (Å²) in [4.78, 5) is 57.2. The third kappa shape index (κ3) is 5.84. The molecule has 0 aromatic carbocycles. The summed E-state index contributed by atoms with van der Waals surface area (Å²) in [6.07, 6.45) is 3.94. The molecule has 7 atom stereocenters. The number of amides is 3. The van der Waals surface area contributed by atoms with Crippen LogP contribution in [0.4, 0.5) is 0 Å². The van der Waals surface area contributed by atoms with Crippen LogP contribution in [-0.2, 0) is 28.7 Å². The Kier molecular flexibility index (Phi) is 9.88. The highest BCUT2D eigenvalue weighted by molar-refractivity contribution is 5.98. The van der Waals surface area contributed by atoms with E-state index in [1.165, 1.54) is 4.90 Å². The summed E-state index contributed by atoms with van der Waals surface area (Å²) < 4.78 is 12.2. The number of carbonyl (C=O) groups is 4. The number of likely N-dealkylation sites (tertiary alicyclic amines) is 1. The summed E-state index contributed by atoms with van der Waals surface area (Å²) in [6.45, 7) is 18.7. The molecule has 0 saturated carbocycles. The number of carbonyl (C=O) groups excluding carboxylic acids is 4. The second-order valence-electron chi connectivity index (χ2n) is 12.6. The van der Waals surface area contributed by atoms with Crippen LogP contribution in [0.5, 0.6) is 0 Å². The fraction of sp³-hybridized carbons (Fsp3) is 0.733. The lowest BCUT2D eigenvalue weighted by molar-refractivity contribution is -0.161. The smallest absolute Gasteiger partial charge is 0.312 e. The van der Waals surface area contributed by atoms with Crippen LogP contribution in [0.3, 0.4) is 0 Å². The number of nitrogens with one attached hydrogen (secondary N) is 1. The summed E-state index contributed by atoms with van der Waals surface area (Å²) in [7, 11) is 0. The third-order valence-electron chi connectivity index (χ3n) is 8.43. The highest BCUT2D eigenvalue weighted by Gasteiger charge is 2.76. The first kappa shape index (κ1) is 31.8. The Morgan fingerprint density at radius 1 is 1.25 bits per heavy atom. The summed E-state index contributed by atoms with van der Waals surface area (Å²) >= 11 is 0. The fourth-order valence-electron chi connectivity index (χ4n) is 6.48. The van der Waals surface area contributed by atoms with E-state index in [-0.39, 0.29) is 43.3 Å². The maximum atomic E-state index is 14.3. The molecule has 0 aromatic heterocycles. The van der Waals surface area contributed by atoms with E-state index < -0.39 is 53.2 Å². The number of allylic oxidation sites excluding steroid dienone is 1. The number of nitrogens with zero attached hydrogens (tertiary/aromatic N) is 2. The molecule has 3 aliphatic heterocycles. The van der Waals surface area contributed by atoms with Crippen molar-refractivity contribution in [2.75, 3.05) is 19.7 Å². The van der Waals surface area contributed by atoms with Crippen molar-refractivity contribution in [3.05, 3.63) is 25.3 Å². The fourth-order valence-corrected chi connectivity index (χ4v) is 6.48. The van der Waals surface area contributed by atoms with Gasteiger partial charge in [-0.05, 0) is 52.9 Å². The average Bonchev–Trinajstić information content (AvgIpc) is 3.51. The van der Waals surface area contributed by atoms with Crippen LogP contribution in [0.1, 0.15) is 67.2 Å². The van der Waals surface area contributed by atoms with E-state index in [9.17, 15) is 24.3 Å². The van der Waals surface area contributed by atoms with E-state index in [0.29, 0.717) is 25.7 Å². The zero-order valence-electron chi connectivity index (χ0n) is 24.9. The predicted octanol–water partition coefficient (Wildman–Crippen LogP) is 2.21. The highest BCUT2D eigenvalue weighted by Crippen LogP contribution is 2.59. The number of hydrogen-bond acceptors (Lipinski definition) is 7. The van der Waals surface area contributed by atoms with Gasteiger partial charge in [0.15, 0.2) is 0 Å². The minimum atomic E-state index is -1.20. The molecule has 10 heteroatoms. The van der Waals surface area contributed by atoms with Gasteiger partial charge < -0.3 is 29.7 Å². The van der Waals surface area contributed by atoms with Gasteiger partial charge in [-0.1, -0.05) is 26.0 Å². The van der Waals surface area contributed by atoms with Crippen molar-refractivity contribution in [2.45, 2.75) is 103 Å². The molecule has 224 valence electrons. The normalized spacial score (nSPS) is 28.7. The van der Waals surface area contributed by atoms with E-state index in [4.69, 9.17) is 9.47 Å². The number of ether oxygens (including phenoxy) is 2. The first-order chi connectivity index (χ1) is 18.7. The lowest BCUT2D eigenvalue weighted by Crippen LogP contribution is -2.62. The first-order valence-electron chi connectivity index (χ1n) is 14.4. The molecule has 0 radical (unpaired) electrons. The van der Waals surface area contributed by atoms with Crippen LogP contribution in [-0.4, -0.2) is 93.7 Å². The van der Waals surface area contributed by atoms with Crippen molar-refractivity contribution >= 4 is 23.7 Å². The van der Waals surface area contributed by atoms with E-state index >= 15 is 0 Å². The molecule has 2 bridgehead atoms. The van der Waals surface area contributed by atoms with Crippen molar-refractivity contribution in [3.63, 3.8) is 0 Å². The molecule has 3 fully saturated rings. The van der Waals surface area contributed by atoms with Gasteiger partial charge in [0, 0.05) is 18.5 Å². The molecule has 3 heterocycles. The molecule has 0 aromatic rings. The van der Waals surface area contributed by atoms with Gasteiger partial charge in [0.2, 0.25) is 17.7 Å². The molecule has 3 aliphatic rings. The maximum Gasteiger partial charge on any atom is 0.312 e. The van der Waals surface area contributed by atoms with E-state index in [1.54, 1.807) is 24.0 Å². The number of aliphatic hydroxyl groups is 1. The van der Waals surface area contributed by atoms with Crippen molar-refractivity contribution in [2.24, 2.45) is 17.8 Å². The Balaban J connectivity index is 1.93. The van der Waals surface area contributed by atoms with Crippen LogP contribution < -0.4 is 5.32 Å². The number of hydrogen-bond donors (Lipinski definition) is 2. The van der Waals surface area contributed by atoms with E-state index in [1.807, 2.05) is 34.6 Å². The van der Waals surface area contributed by atoms with E-state index in [2.05, 4.69) is 18.5 Å². The standard InChI is InChI=1S/C30H47N3O7/c1-9-11-12-22(35)31-16-19(5)39-28(38)23-21-13-14-30(40-21)24(23)26(36)33(20(17-34)18(3)4)25(30)27(37)32(15-10-2)29(6,7)8/h9-10,18-21,23-25,34H,1-2,11-17H2,3-8H3,(H,31,35)/t19-,20+,21+,23-,24-,25+,30-/m1/s1. The monoisotopic (exact) mass is 561 g/mol. The predicted molar refractivity (Wildman–Crippen MR) is 150 cm³/mol. The maximum absolute atomic E-state index is 14.3. The average molecular weight is 562 g/mol. The van der Waals surface area contributed by atoms with Crippen LogP contribution in [0.25, 0.3) is 0 Å². The second kappa shape index (κ2) is 12.4. The Morgan fingerprint density at radius 3 is 2.48 bits per heavy atom. The molecule has 1 spiro atoms. The van der Waals surface area contributed by atoms with Crippen LogP contribution >= 0.6 is 0 Å². The molecule has 0 unspecified atom stereocenters. The molecule has 2 N–H and O–H groups in total. The Bertz CT molecular complexity index is 1010. The van der Waals surface area contributed by atoms with Gasteiger partial charge in [0.1, 0.15) is 17.7 Å². The van der Waals surface area contributed by atoms with Crippen molar-refractivity contribution < 1.29 is 33.8 Å². The lowest BCUT2D eigenvalue weighted by atomic mass is 9.70. The Morgan fingerprint density at radius 2 is 1.93 bits per heavy atom. The molecule has 10 nitrogen and oxygen atoms in total. The Hall–Kier alpha value is -2.72. The van der Waals surface area contributed by atoms with Gasteiger partial charge in [-0.3, -0.25) is 19.2 Å². The van der Waals surface area contributed by atoms with Gasteiger partial charge in [-0.15, -0.1) is 13.2 Å². The molecular formula is C30H47N3O7. The number of esters is 1. The summed E-state index contributed by atoms with van der Waals surface area (Å²) in [5.74, 6) is -3.32. The minimum absolute atomic E-state index is 0.138. The van der Waals surface area contributed by atoms with Crippen LogP contribution in [0.15, 0.2) is 25.3 Å². The van der Waals surface area contributed by atoms with Gasteiger partial charge in [-0.25, -0.2) is 0 Å². The lowest BCUT2D eigenvalue weighted by Gasteiger charge is -2.44. The molecule has 3 saturated heterocycles. The largest absolute Gasteiger partial charge is 0.460 e. The van der Waals surface area contributed by atoms with Gasteiger partial charge in [0.05, 0.1) is 37.1 Å². The zero-order valence-corrected chi connectivity index (χ0v) is 24.9. The van der Waals surface area contributed by atoms with Crippen molar-refractivity contribution in [1.82, 2.24) is 15.1 Å². The molecular weight excluding hydrogens is 514 g/mol. The summed E-state index contributed by atoms with van der Waals surface area (Å²) in [5.41, 5.74) is -1.76. The van der Waals surface area contributed by atoms with Crippen molar-refractivity contribution in [1.29, 1.82) is 0 Å². The summed E-state index contributed by atoms with van der Waals surface area (Å²) in [6, 6.07) is -1.62.